The van der Waals surface area contributed by atoms with Crippen LogP contribution in [0.4, 0.5) is 5.69 Å². The van der Waals surface area contributed by atoms with Crippen LogP contribution in [-0.2, 0) is 17.8 Å². The number of likely N-dealkylation sites (N-methyl/N-ethyl adjacent to an activating group) is 1. The van der Waals surface area contributed by atoms with E-state index in [0.717, 1.165) is 27.6 Å². The Hall–Kier alpha value is -4.13. The summed E-state index contributed by atoms with van der Waals surface area (Å²) in [6.07, 6.45) is 0.311. The Balaban J connectivity index is 1.57. The number of anilines is 1. The van der Waals surface area contributed by atoms with Gasteiger partial charge < -0.3 is 19.5 Å². The Bertz CT molecular complexity index is 1320. The van der Waals surface area contributed by atoms with Gasteiger partial charge in [0.15, 0.2) is 0 Å². The Kier molecular flexibility index (Phi) is 6.63. The molecule has 174 valence electrons. The van der Waals surface area contributed by atoms with Crippen molar-refractivity contribution in [2.75, 3.05) is 19.4 Å². The standard InChI is InChI=1S/C27H27N3O4/c1-17-24(18(2)34-29-17)16-33-25-15-21-8-6-5-7-20(21)14-23(25)27(32)28-22-11-9-19(10-12-22)13-26(31)30(3)4/h5-12,14-15H,13,16H2,1-4H3,(H,28,32). The highest BCUT2D eigenvalue weighted by atomic mass is 16.5. The van der Waals surface area contributed by atoms with Gasteiger partial charge in [0.05, 0.1) is 23.2 Å². The Labute approximate surface area is 198 Å². The van der Waals surface area contributed by atoms with Crippen LogP contribution < -0.4 is 10.1 Å². The molecule has 34 heavy (non-hydrogen) atoms. The Morgan fingerprint density at radius 1 is 1.00 bits per heavy atom. The minimum Gasteiger partial charge on any atom is -0.488 e. The number of aromatic nitrogens is 1. The number of carbonyl (C=O) groups excluding carboxylic acids is 2. The highest BCUT2D eigenvalue weighted by Crippen LogP contribution is 2.28. The molecule has 2 amide bonds. The normalized spacial score (nSPS) is 10.8. The van der Waals surface area contributed by atoms with E-state index in [1.165, 1.54) is 0 Å². The summed E-state index contributed by atoms with van der Waals surface area (Å²) in [6.45, 7) is 3.94. The number of nitrogens with zero attached hydrogens (tertiary/aromatic N) is 2. The largest absolute Gasteiger partial charge is 0.488 e. The molecule has 0 saturated carbocycles. The summed E-state index contributed by atoms with van der Waals surface area (Å²) in [5.74, 6) is 0.909. The molecule has 1 heterocycles. The van der Waals surface area contributed by atoms with Gasteiger partial charge in [0.1, 0.15) is 18.1 Å². The molecule has 0 aliphatic heterocycles. The fourth-order valence-electron chi connectivity index (χ4n) is 3.61. The molecule has 7 nitrogen and oxygen atoms in total. The summed E-state index contributed by atoms with van der Waals surface area (Å²) in [5, 5.41) is 8.82. The monoisotopic (exact) mass is 457 g/mol. The molecule has 7 heteroatoms. The SMILES string of the molecule is Cc1noc(C)c1COc1cc2ccccc2cc1C(=O)Nc1ccc(CC(=O)N(C)C)cc1. The summed E-state index contributed by atoms with van der Waals surface area (Å²) < 4.78 is 11.3. The molecule has 1 N–H and O–H groups in total. The topological polar surface area (TPSA) is 84.7 Å². The van der Waals surface area contributed by atoms with Crippen LogP contribution >= 0.6 is 0 Å². The lowest BCUT2D eigenvalue weighted by molar-refractivity contribution is -0.127. The van der Waals surface area contributed by atoms with Gasteiger partial charge in [0.25, 0.3) is 5.91 Å². The summed E-state index contributed by atoms with van der Waals surface area (Å²) in [7, 11) is 3.46. The number of rotatable bonds is 7. The fourth-order valence-corrected chi connectivity index (χ4v) is 3.61. The lowest BCUT2D eigenvalue weighted by Crippen LogP contribution is -2.23. The van der Waals surface area contributed by atoms with Crippen molar-refractivity contribution in [3.63, 3.8) is 0 Å². The zero-order chi connectivity index (χ0) is 24.2. The van der Waals surface area contributed by atoms with E-state index in [1.807, 2.05) is 62.4 Å². The molecule has 4 aromatic rings. The quantitative estimate of drug-likeness (QED) is 0.426. The third-order valence-corrected chi connectivity index (χ3v) is 5.71. The minimum absolute atomic E-state index is 0.0213. The van der Waals surface area contributed by atoms with Crippen molar-refractivity contribution in [1.29, 1.82) is 0 Å². The molecule has 4 rings (SSSR count). The van der Waals surface area contributed by atoms with Crippen LogP contribution in [0.25, 0.3) is 10.8 Å². The van der Waals surface area contributed by atoms with Gasteiger partial charge in [-0.3, -0.25) is 9.59 Å². The number of nitrogens with one attached hydrogen (secondary N) is 1. The average Bonchev–Trinajstić information content (AvgIpc) is 3.15. The third-order valence-electron chi connectivity index (χ3n) is 5.71. The van der Waals surface area contributed by atoms with Crippen molar-refractivity contribution in [1.82, 2.24) is 10.1 Å². The van der Waals surface area contributed by atoms with Crippen molar-refractivity contribution in [3.8, 4) is 5.75 Å². The van der Waals surface area contributed by atoms with Gasteiger partial charge in [-0.15, -0.1) is 0 Å². The van der Waals surface area contributed by atoms with Crippen LogP contribution in [0.15, 0.2) is 65.2 Å². The molecule has 0 spiro atoms. The molecular weight excluding hydrogens is 430 g/mol. The maximum atomic E-state index is 13.2. The first-order valence-electron chi connectivity index (χ1n) is 11.0. The van der Waals surface area contributed by atoms with E-state index in [9.17, 15) is 9.59 Å². The maximum Gasteiger partial charge on any atom is 0.259 e. The van der Waals surface area contributed by atoms with Crippen molar-refractivity contribution in [3.05, 3.63) is 88.8 Å². The lowest BCUT2D eigenvalue weighted by Gasteiger charge is -2.14. The van der Waals surface area contributed by atoms with Gasteiger partial charge in [-0.1, -0.05) is 41.6 Å². The predicted octanol–water partition coefficient (Wildman–Crippen LogP) is 4.91. The number of aryl methyl sites for hydroxylation is 2. The summed E-state index contributed by atoms with van der Waals surface area (Å²) >= 11 is 0. The lowest BCUT2D eigenvalue weighted by atomic mass is 10.0. The van der Waals surface area contributed by atoms with Crippen molar-refractivity contribution in [2.45, 2.75) is 26.9 Å². The molecule has 0 saturated heterocycles. The van der Waals surface area contributed by atoms with E-state index in [4.69, 9.17) is 9.26 Å². The van der Waals surface area contributed by atoms with Crippen LogP contribution in [0.1, 0.15) is 32.9 Å². The van der Waals surface area contributed by atoms with Crippen LogP contribution in [0.2, 0.25) is 0 Å². The van der Waals surface area contributed by atoms with Gasteiger partial charge in [0, 0.05) is 19.8 Å². The second kappa shape index (κ2) is 9.79. The summed E-state index contributed by atoms with van der Waals surface area (Å²) in [5.41, 5.74) is 3.57. The molecule has 0 radical (unpaired) electrons. The molecule has 0 aliphatic rings. The van der Waals surface area contributed by atoms with Crippen molar-refractivity contribution >= 4 is 28.3 Å². The molecule has 0 atom stereocenters. The number of ether oxygens (including phenoxy) is 1. The number of fused-ring (bicyclic) bond motifs is 1. The Morgan fingerprint density at radius 3 is 2.29 bits per heavy atom. The van der Waals surface area contributed by atoms with Crippen LogP contribution in [0, 0.1) is 13.8 Å². The zero-order valence-corrected chi connectivity index (χ0v) is 19.7. The highest BCUT2D eigenvalue weighted by molar-refractivity contribution is 6.08. The number of amides is 2. The van der Waals surface area contributed by atoms with E-state index < -0.39 is 0 Å². The van der Waals surface area contributed by atoms with Crippen molar-refractivity contribution < 1.29 is 18.8 Å². The van der Waals surface area contributed by atoms with Crippen LogP contribution in [0.5, 0.6) is 5.75 Å². The van der Waals surface area contributed by atoms with Gasteiger partial charge in [0.2, 0.25) is 5.91 Å². The molecule has 0 bridgehead atoms. The van der Waals surface area contributed by atoms with Crippen LogP contribution in [0.3, 0.4) is 0 Å². The van der Waals surface area contributed by atoms with E-state index in [0.29, 0.717) is 29.2 Å². The highest BCUT2D eigenvalue weighted by Gasteiger charge is 2.17. The molecule has 1 aromatic heterocycles. The second-order valence-corrected chi connectivity index (χ2v) is 8.40. The van der Waals surface area contributed by atoms with E-state index in [2.05, 4.69) is 10.5 Å². The van der Waals surface area contributed by atoms with E-state index in [1.54, 1.807) is 31.1 Å². The number of hydrogen-bond acceptors (Lipinski definition) is 5. The average molecular weight is 458 g/mol. The van der Waals surface area contributed by atoms with Gasteiger partial charge in [-0.05, 0) is 54.4 Å². The van der Waals surface area contributed by atoms with E-state index in [-0.39, 0.29) is 18.4 Å². The van der Waals surface area contributed by atoms with Gasteiger partial charge in [-0.2, -0.15) is 0 Å². The predicted molar refractivity (Wildman–Crippen MR) is 131 cm³/mol. The second-order valence-electron chi connectivity index (χ2n) is 8.40. The number of carbonyl (C=O) groups is 2. The Morgan fingerprint density at radius 2 is 1.68 bits per heavy atom. The summed E-state index contributed by atoms with van der Waals surface area (Å²) in [4.78, 5) is 26.7. The zero-order valence-electron chi connectivity index (χ0n) is 19.7. The van der Waals surface area contributed by atoms with Crippen LogP contribution in [-0.4, -0.2) is 36.0 Å². The van der Waals surface area contributed by atoms with E-state index >= 15 is 0 Å². The third kappa shape index (κ3) is 5.09. The maximum absolute atomic E-state index is 13.2. The first-order chi connectivity index (χ1) is 16.3. The van der Waals surface area contributed by atoms with Crippen molar-refractivity contribution in [2.24, 2.45) is 0 Å². The number of hydrogen-bond donors (Lipinski definition) is 1. The molecule has 3 aromatic carbocycles. The first kappa shape index (κ1) is 23.0. The fraction of sp³-hybridized carbons (Fsp3) is 0.222. The smallest absolute Gasteiger partial charge is 0.259 e. The molecule has 0 aliphatic carbocycles. The molecule has 0 unspecified atom stereocenters. The first-order valence-corrected chi connectivity index (χ1v) is 11.0. The molecule has 0 fully saturated rings. The summed E-state index contributed by atoms with van der Waals surface area (Å²) in [6, 6.07) is 18.8. The van der Waals surface area contributed by atoms with Gasteiger partial charge >= 0.3 is 0 Å². The number of benzene rings is 3. The molecular formula is C27H27N3O4. The van der Waals surface area contributed by atoms with Gasteiger partial charge in [-0.25, -0.2) is 0 Å². The minimum atomic E-state index is -0.281.